The van der Waals surface area contributed by atoms with E-state index >= 15 is 0 Å². The van der Waals surface area contributed by atoms with E-state index in [9.17, 15) is 4.79 Å². The lowest BCUT2D eigenvalue weighted by atomic mass is 10.4. The third kappa shape index (κ3) is 3.15. The Morgan fingerprint density at radius 1 is 1.59 bits per heavy atom. The van der Waals surface area contributed by atoms with Crippen molar-refractivity contribution in [1.82, 2.24) is 9.36 Å². The summed E-state index contributed by atoms with van der Waals surface area (Å²) in [6, 6.07) is 0. The SMILES string of the molecule is CCN(CCC(=O)OC)c1nc(C2CC2)ns1. The Labute approximate surface area is 105 Å². The van der Waals surface area contributed by atoms with Crippen LogP contribution in [-0.2, 0) is 9.53 Å². The van der Waals surface area contributed by atoms with Crippen molar-refractivity contribution in [3.63, 3.8) is 0 Å². The molecule has 0 N–H and O–H groups in total. The van der Waals surface area contributed by atoms with Gasteiger partial charge in [0.2, 0.25) is 5.13 Å². The molecule has 17 heavy (non-hydrogen) atoms. The second-order valence-corrected chi connectivity index (χ2v) is 4.85. The summed E-state index contributed by atoms with van der Waals surface area (Å²) in [6.07, 6.45) is 2.82. The number of carbonyl (C=O) groups excluding carboxylic acids is 1. The summed E-state index contributed by atoms with van der Waals surface area (Å²) >= 11 is 1.42. The van der Waals surface area contributed by atoms with Crippen LogP contribution in [0.5, 0.6) is 0 Å². The molecular weight excluding hydrogens is 238 g/mol. The fourth-order valence-electron chi connectivity index (χ4n) is 1.58. The molecule has 0 spiro atoms. The summed E-state index contributed by atoms with van der Waals surface area (Å²) in [7, 11) is 1.41. The van der Waals surface area contributed by atoms with Crippen molar-refractivity contribution in [3.05, 3.63) is 5.82 Å². The number of hydrogen-bond acceptors (Lipinski definition) is 6. The molecule has 0 radical (unpaired) electrons. The zero-order valence-electron chi connectivity index (χ0n) is 10.2. The maximum atomic E-state index is 11.1. The molecule has 0 atom stereocenters. The molecule has 0 aliphatic heterocycles. The van der Waals surface area contributed by atoms with Gasteiger partial charge in [-0.25, -0.2) is 4.98 Å². The van der Waals surface area contributed by atoms with Crippen molar-refractivity contribution in [2.75, 3.05) is 25.1 Å². The van der Waals surface area contributed by atoms with Gasteiger partial charge in [0.05, 0.1) is 13.5 Å². The van der Waals surface area contributed by atoms with E-state index in [0.29, 0.717) is 18.9 Å². The van der Waals surface area contributed by atoms with Gasteiger partial charge in [-0.3, -0.25) is 4.79 Å². The highest BCUT2D eigenvalue weighted by atomic mass is 32.1. The van der Waals surface area contributed by atoms with Gasteiger partial charge in [0, 0.05) is 30.5 Å². The number of carbonyl (C=O) groups is 1. The predicted molar refractivity (Wildman–Crippen MR) is 66.4 cm³/mol. The lowest BCUT2D eigenvalue weighted by Gasteiger charge is -2.18. The quantitative estimate of drug-likeness (QED) is 0.726. The molecule has 1 saturated carbocycles. The van der Waals surface area contributed by atoms with Gasteiger partial charge in [-0.15, -0.1) is 0 Å². The van der Waals surface area contributed by atoms with Crippen molar-refractivity contribution in [1.29, 1.82) is 0 Å². The number of ether oxygens (including phenoxy) is 1. The maximum Gasteiger partial charge on any atom is 0.307 e. The number of rotatable bonds is 6. The summed E-state index contributed by atoms with van der Waals surface area (Å²) < 4.78 is 9.00. The number of aromatic nitrogens is 2. The van der Waals surface area contributed by atoms with Crippen molar-refractivity contribution in [2.45, 2.75) is 32.1 Å². The smallest absolute Gasteiger partial charge is 0.307 e. The highest BCUT2D eigenvalue weighted by Gasteiger charge is 2.28. The Hall–Kier alpha value is -1.17. The molecule has 1 heterocycles. The van der Waals surface area contributed by atoms with E-state index in [2.05, 4.69) is 25.9 Å². The van der Waals surface area contributed by atoms with E-state index in [1.807, 2.05) is 0 Å². The molecular formula is C11H17N3O2S. The van der Waals surface area contributed by atoms with Crippen LogP contribution >= 0.6 is 11.5 Å². The van der Waals surface area contributed by atoms with Crippen LogP contribution in [0.4, 0.5) is 5.13 Å². The first-order valence-corrected chi connectivity index (χ1v) is 6.67. The van der Waals surface area contributed by atoms with E-state index < -0.39 is 0 Å². The summed E-state index contributed by atoms with van der Waals surface area (Å²) in [5.41, 5.74) is 0. The Bertz CT molecular complexity index is 390. The summed E-state index contributed by atoms with van der Waals surface area (Å²) in [5.74, 6) is 1.37. The van der Waals surface area contributed by atoms with Gasteiger partial charge in [-0.1, -0.05) is 0 Å². The zero-order chi connectivity index (χ0) is 12.3. The van der Waals surface area contributed by atoms with Gasteiger partial charge < -0.3 is 9.64 Å². The monoisotopic (exact) mass is 255 g/mol. The van der Waals surface area contributed by atoms with Crippen LogP contribution in [0.2, 0.25) is 0 Å². The second kappa shape index (κ2) is 5.44. The number of hydrogen-bond donors (Lipinski definition) is 0. The Morgan fingerprint density at radius 2 is 2.35 bits per heavy atom. The van der Waals surface area contributed by atoms with Gasteiger partial charge in [0.1, 0.15) is 5.82 Å². The Balaban J connectivity index is 1.93. The molecule has 0 amide bonds. The van der Waals surface area contributed by atoms with Crippen LogP contribution in [0.3, 0.4) is 0 Å². The number of esters is 1. The van der Waals surface area contributed by atoms with Gasteiger partial charge >= 0.3 is 5.97 Å². The van der Waals surface area contributed by atoms with Crippen molar-refractivity contribution in [3.8, 4) is 0 Å². The highest BCUT2D eigenvalue weighted by Crippen LogP contribution is 2.39. The lowest BCUT2D eigenvalue weighted by molar-refractivity contribution is -0.140. The van der Waals surface area contributed by atoms with Crippen LogP contribution in [-0.4, -0.2) is 35.5 Å². The van der Waals surface area contributed by atoms with E-state index in [4.69, 9.17) is 0 Å². The minimum Gasteiger partial charge on any atom is -0.469 e. The largest absolute Gasteiger partial charge is 0.469 e. The molecule has 1 aliphatic carbocycles. The predicted octanol–water partition coefficient (Wildman–Crippen LogP) is 1.80. The van der Waals surface area contributed by atoms with E-state index in [-0.39, 0.29) is 5.97 Å². The summed E-state index contributed by atoms with van der Waals surface area (Å²) in [6.45, 7) is 3.52. The molecule has 0 saturated heterocycles. The molecule has 0 bridgehead atoms. The van der Waals surface area contributed by atoms with Gasteiger partial charge in [-0.05, 0) is 19.8 Å². The first-order chi connectivity index (χ1) is 8.24. The molecule has 0 unspecified atom stereocenters. The van der Waals surface area contributed by atoms with Crippen LogP contribution in [0.1, 0.15) is 37.9 Å². The lowest BCUT2D eigenvalue weighted by Crippen LogP contribution is -2.26. The van der Waals surface area contributed by atoms with E-state index in [1.165, 1.54) is 31.5 Å². The molecule has 5 nitrogen and oxygen atoms in total. The van der Waals surface area contributed by atoms with E-state index in [0.717, 1.165) is 17.5 Å². The van der Waals surface area contributed by atoms with Crippen molar-refractivity contribution in [2.24, 2.45) is 0 Å². The van der Waals surface area contributed by atoms with Crippen molar-refractivity contribution < 1.29 is 9.53 Å². The van der Waals surface area contributed by atoms with Gasteiger partial charge in [0.15, 0.2) is 0 Å². The number of anilines is 1. The second-order valence-electron chi connectivity index (χ2n) is 4.12. The average molecular weight is 255 g/mol. The van der Waals surface area contributed by atoms with Gasteiger partial charge in [-0.2, -0.15) is 4.37 Å². The Kier molecular flexibility index (Phi) is 3.93. The maximum absolute atomic E-state index is 11.1. The van der Waals surface area contributed by atoms with Crippen molar-refractivity contribution >= 4 is 22.6 Å². The molecule has 94 valence electrons. The minimum absolute atomic E-state index is 0.185. The molecule has 2 rings (SSSR count). The molecule has 1 aromatic rings. The van der Waals surface area contributed by atoms with E-state index in [1.54, 1.807) is 0 Å². The molecule has 1 fully saturated rings. The standard InChI is InChI=1S/C11H17N3O2S/c1-3-14(7-6-9(15)16-2)11-12-10(13-17-11)8-4-5-8/h8H,3-7H2,1-2H3. The fraction of sp³-hybridized carbons (Fsp3) is 0.727. The molecule has 1 aliphatic rings. The van der Waals surface area contributed by atoms with Crippen LogP contribution < -0.4 is 4.90 Å². The highest BCUT2D eigenvalue weighted by molar-refractivity contribution is 7.09. The third-order valence-corrected chi connectivity index (χ3v) is 3.63. The number of methoxy groups -OCH3 is 1. The van der Waals surface area contributed by atoms with Crippen LogP contribution in [0, 0.1) is 0 Å². The van der Waals surface area contributed by atoms with Crippen LogP contribution in [0.15, 0.2) is 0 Å². The first-order valence-electron chi connectivity index (χ1n) is 5.90. The summed E-state index contributed by atoms with van der Waals surface area (Å²) in [5, 5.41) is 0.915. The molecule has 1 aromatic heterocycles. The molecule has 0 aromatic carbocycles. The average Bonchev–Trinajstić information content (AvgIpc) is 3.09. The fourth-order valence-corrected chi connectivity index (χ4v) is 2.41. The first kappa shape index (κ1) is 12.3. The summed E-state index contributed by atoms with van der Waals surface area (Å²) in [4.78, 5) is 17.7. The normalized spacial score (nSPS) is 14.7. The zero-order valence-corrected chi connectivity index (χ0v) is 11.0. The third-order valence-electron chi connectivity index (χ3n) is 2.84. The minimum atomic E-state index is -0.185. The topological polar surface area (TPSA) is 55.3 Å². The molecule has 6 heteroatoms. The number of nitrogens with zero attached hydrogens (tertiary/aromatic N) is 3. The Morgan fingerprint density at radius 3 is 2.94 bits per heavy atom. The van der Waals surface area contributed by atoms with Crippen LogP contribution in [0.25, 0.3) is 0 Å². The van der Waals surface area contributed by atoms with Gasteiger partial charge in [0.25, 0.3) is 0 Å².